The molecule has 2 fully saturated rings. The van der Waals surface area contributed by atoms with Gasteiger partial charge in [0.05, 0.1) is 47.5 Å². The number of methoxy groups -OCH3 is 1. The van der Waals surface area contributed by atoms with Gasteiger partial charge in [-0.1, -0.05) is 23.2 Å². The highest BCUT2D eigenvalue weighted by Crippen LogP contribution is 2.36. The topological polar surface area (TPSA) is 113 Å². The standard InChI is InChI=1S/C31H32Cl2N6O5/c1-36(2)20-14-37(15-20)28-7-6-18(12-34-28)39-16-23(31(41)42)29(40)22-10-24(32)27(11-26(22)39)38-8-4-5-19(38)17-44-30-25(33)9-21(43-3)13-35-30/h6-7,9-13,16,19-20H,4-5,8,14-15,17H2,1-3H3,(H,41,42)/t19-/m1/s1. The number of hydrogen-bond donors (Lipinski definition) is 1. The molecule has 2 aliphatic rings. The van der Waals surface area contributed by atoms with Crippen molar-refractivity contribution in [1.29, 1.82) is 0 Å². The second-order valence-electron chi connectivity index (χ2n) is 11.2. The maximum absolute atomic E-state index is 13.3. The summed E-state index contributed by atoms with van der Waals surface area (Å²) in [7, 11) is 5.66. The lowest BCUT2D eigenvalue weighted by Gasteiger charge is -2.43. The molecular formula is C31H32Cl2N6O5. The van der Waals surface area contributed by atoms with Crippen LogP contribution in [0.15, 0.2) is 53.7 Å². The van der Waals surface area contributed by atoms with E-state index in [1.807, 2.05) is 18.2 Å². The summed E-state index contributed by atoms with van der Waals surface area (Å²) in [4.78, 5) is 40.8. The molecule has 0 spiro atoms. The Morgan fingerprint density at radius 1 is 1.11 bits per heavy atom. The highest BCUT2D eigenvalue weighted by molar-refractivity contribution is 6.34. The molecular weight excluding hydrogens is 607 g/mol. The molecule has 0 aliphatic carbocycles. The number of hydrogen-bond acceptors (Lipinski definition) is 9. The Labute approximate surface area is 264 Å². The predicted octanol–water partition coefficient (Wildman–Crippen LogP) is 4.59. The molecule has 2 aliphatic heterocycles. The van der Waals surface area contributed by atoms with Gasteiger partial charge in [-0.15, -0.1) is 0 Å². The Morgan fingerprint density at radius 3 is 2.57 bits per heavy atom. The van der Waals surface area contributed by atoms with Crippen LogP contribution in [0.2, 0.25) is 10.0 Å². The maximum Gasteiger partial charge on any atom is 0.341 e. The highest BCUT2D eigenvalue weighted by Gasteiger charge is 2.30. The Kier molecular flexibility index (Phi) is 8.28. The van der Waals surface area contributed by atoms with Crippen molar-refractivity contribution in [2.24, 2.45) is 0 Å². The summed E-state index contributed by atoms with van der Waals surface area (Å²) in [5.41, 5.74) is 0.921. The first-order chi connectivity index (χ1) is 21.1. The van der Waals surface area contributed by atoms with Crippen LogP contribution in [0.25, 0.3) is 16.6 Å². The Hall–Kier alpha value is -4.06. The first-order valence-corrected chi connectivity index (χ1v) is 15.0. The number of halogens is 2. The van der Waals surface area contributed by atoms with Gasteiger partial charge in [0.25, 0.3) is 0 Å². The average molecular weight is 640 g/mol. The van der Waals surface area contributed by atoms with Crippen molar-refractivity contribution in [3.63, 3.8) is 0 Å². The van der Waals surface area contributed by atoms with E-state index in [0.717, 1.165) is 44.0 Å². The third-order valence-electron chi connectivity index (χ3n) is 8.35. The number of nitrogens with zero attached hydrogens (tertiary/aromatic N) is 6. The zero-order chi connectivity index (χ0) is 31.1. The van der Waals surface area contributed by atoms with Crippen LogP contribution >= 0.6 is 23.2 Å². The van der Waals surface area contributed by atoms with E-state index in [2.05, 4.69) is 38.8 Å². The molecule has 0 radical (unpaired) electrons. The zero-order valence-corrected chi connectivity index (χ0v) is 26.0. The van der Waals surface area contributed by atoms with Crippen molar-refractivity contribution in [3.8, 4) is 17.3 Å². The van der Waals surface area contributed by atoms with Crippen molar-refractivity contribution in [3.05, 3.63) is 74.8 Å². The summed E-state index contributed by atoms with van der Waals surface area (Å²) in [5, 5.41) is 10.7. The van der Waals surface area contributed by atoms with Gasteiger partial charge < -0.3 is 33.8 Å². The van der Waals surface area contributed by atoms with Crippen LogP contribution < -0.4 is 24.7 Å². The monoisotopic (exact) mass is 638 g/mol. The molecule has 1 aromatic carbocycles. The molecule has 0 saturated carbocycles. The van der Waals surface area contributed by atoms with E-state index in [0.29, 0.717) is 45.5 Å². The third-order valence-corrected chi connectivity index (χ3v) is 8.92. The van der Waals surface area contributed by atoms with Gasteiger partial charge in [-0.05, 0) is 51.2 Å². The number of carboxylic acid groups (broad SMARTS) is 1. The van der Waals surface area contributed by atoms with Crippen molar-refractivity contribution < 1.29 is 19.4 Å². The van der Waals surface area contributed by atoms with Crippen molar-refractivity contribution >= 4 is 51.6 Å². The number of benzene rings is 1. The number of rotatable bonds is 9. The molecule has 11 nitrogen and oxygen atoms in total. The lowest BCUT2D eigenvalue weighted by atomic mass is 10.1. The van der Waals surface area contributed by atoms with E-state index in [4.69, 9.17) is 32.7 Å². The summed E-state index contributed by atoms with van der Waals surface area (Å²) in [6, 6.07) is 9.27. The molecule has 3 aromatic heterocycles. The van der Waals surface area contributed by atoms with Crippen molar-refractivity contribution in [1.82, 2.24) is 19.4 Å². The Morgan fingerprint density at radius 2 is 1.91 bits per heavy atom. The summed E-state index contributed by atoms with van der Waals surface area (Å²) in [6.45, 7) is 2.80. The largest absolute Gasteiger partial charge is 0.495 e. The number of fused-ring (bicyclic) bond motifs is 1. The molecule has 0 bridgehead atoms. The number of pyridine rings is 3. The van der Waals surface area contributed by atoms with Crippen molar-refractivity contribution in [2.75, 3.05) is 57.2 Å². The fraction of sp³-hybridized carbons (Fsp3) is 0.355. The van der Waals surface area contributed by atoms with E-state index in [9.17, 15) is 14.7 Å². The lowest BCUT2D eigenvalue weighted by Crippen LogP contribution is -2.57. The van der Waals surface area contributed by atoms with Crippen LogP contribution in [0, 0.1) is 0 Å². The second kappa shape index (κ2) is 12.1. The van der Waals surface area contributed by atoms with E-state index < -0.39 is 11.4 Å². The fourth-order valence-electron chi connectivity index (χ4n) is 5.72. The minimum atomic E-state index is -1.31. The molecule has 13 heteroatoms. The second-order valence-corrected chi connectivity index (χ2v) is 12.0. The van der Waals surface area contributed by atoms with Gasteiger partial charge in [0.1, 0.15) is 28.8 Å². The quantitative estimate of drug-likeness (QED) is 0.279. The molecule has 230 valence electrons. The van der Waals surface area contributed by atoms with Gasteiger partial charge >= 0.3 is 5.97 Å². The minimum absolute atomic E-state index is 0.0353. The summed E-state index contributed by atoms with van der Waals surface area (Å²) in [5.74, 6) is 0.373. The van der Waals surface area contributed by atoms with E-state index in [1.165, 1.54) is 6.20 Å². The van der Waals surface area contributed by atoms with Gasteiger partial charge in [0, 0.05) is 43.3 Å². The number of aromatic nitrogens is 3. The van der Waals surface area contributed by atoms with Gasteiger partial charge in [-0.25, -0.2) is 14.8 Å². The molecule has 2 saturated heterocycles. The molecule has 0 amide bonds. The van der Waals surface area contributed by atoms with Gasteiger partial charge in [0.2, 0.25) is 11.3 Å². The van der Waals surface area contributed by atoms with Crippen LogP contribution in [0.5, 0.6) is 11.6 Å². The maximum atomic E-state index is 13.3. The average Bonchev–Trinajstić information content (AvgIpc) is 3.44. The summed E-state index contributed by atoms with van der Waals surface area (Å²) >= 11 is 13.1. The number of ether oxygens (including phenoxy) is 2. The fourth-order valence-corrected chi connectivity index (χ4v) is 6.21. The Balaban J connectivity index is 1.34. The molecule has 4 aromatic rings. The van der Waals surface area contributed by atoms with E-state index >= 15 is 0 Å². The molecule has 1 N–H and O–H groups in total. The number of aromatic carboxylic acids is 1. The smallest absolute Gasteiger partial charge is 0.341 e. The van der Waals surface area contributed by atoms with Gasteiger partial charge in [0.15, 0.2) is 0 Å². The molecule has 1 atom stereocenters. The number of carbonyl (C=O) groups is 1. The van der Waals surface area contributed by atoms with Crippen LogP contribution in [-0.2, 0) is 0 Å². The molecule has 5 heterocycles. The SMILES string of the molecule is COc1cnc(OC[C@H]2CCCN2c2cc3c(cc2Cl)c(=O)c(C(=O)O)cn3-c2ccc(N3CC(N(C)C)C3)nc2)c(Cl)c1. The van der Waals surface area contributed by atoms with Crippen LogP contribution in [0.3, 0.4) is 0 Å². The molecule has 44 heavy (non-hydrogen) atoms. The predicted molar refractivity (Wildman–Crippen MR) is 171 cm³/mol. The zero-order valence-electron chi connectivity index (χ0n) is 24.5. The number of likely N-dealkylation sites (N-methyl/N-ethyl adjacent to an activating group) is 1. The lowest BCUT2D eigenvalue weighted by molar-refractivity contribution is 0.0695. The Bertz CT molecular complexity index is 1770. The first-order valence-electron chi connectivity index (χ1n) is 14.2. The van der Waals surface area contributed by atoms with E-state index in [1.54, 1.807) is 36.2 Å². The van der Waals surface area contributed by atoms with Crippen LogP contribution in [-0.4, -0.2) is 90.0 Å². The third kappa shape index (κ3) is 5.62. The van der Waals surface area contributed by atoms with Crippen LogP contribution in [0.1, 0.15) is 23.2 Å². The summed E-state index contributed by atoms with van der Waals surface area (Å²) in [6.07, 6.45) is 6.36. The van der Waals surface area contributed by atoms with E-state index in [-0.39, 0.29) is 17.0 Å². The van der Waals surface area contributed by atoms with Gasteiger partial charge in [-0.2, -0.15) is 0 Å². The molecule has 6 rings (SSSR count). The normalized spacial score (nSPS) is 16.9. The molecule has 0 unspecified atom stereocenters. The number of anilines is 2. The minimum Gasteiger partial charge on any atom is -0.495 e. The first kappa shape index (κ1) is 30.0. The van der Waals surface area contributed by atoms with Crippen molar-refractivity contribution in [2.45, 2.75) is 24.9 Å². The van der Waals surface area contributed by atoms with Gasteiger partial charge in [-0.3, -0.25) is 4.79 Å². The summed E-state index contributed by atoms with van der Waals surface area (Å²) < 4.78 is 12.9. The number of carboxylic acids is 1. The van der Waals surface area contributed by atoms with Crippen LogP contribution in [0.4, 0.5) is 11.5 Å². The highest BCUT2D eigenvalue weighted by atomic mass is 35.5.